The van der Waals surface area contributed by atoms with Crippen LogP contribution in [-0.4, -0.2) is 21.8 Å². The molecule has 0 aliphatic carbocycles. The Kier molecular flexibility index (Phi) is 3.76. The highest BCUT2D eigenvalue weighted by molar-refractivity contribution is 7.15. The number of carboxylic acids is 1. The summed E-state index contributed by atoms with van der Waals surface area (Å²) >= 11 is 0.939. The molecule has 1 aromatic rings. The Morgan fingerprint density at radius 2 is 2.29 bits per heavy atom. The lowest BCUT2D eigenvalue weighted by Crippen LogP contribution is -1.96. The molecule has 76 valence electrons. The molecule has 14 heavy (non-hydrogen) atoms. The third-order valence-corrected chi connectivity index (χ3v) is 2.74. The maximum atomic E-state index is 11.4. The molecule has 5 heteroatoms. The lowest BCUT2D eigenvalue weighted by atomic mass is 10.2. The summed E-state index contributed by atoms with van der Waals surface area (Å²) in [5.74, 6) is -1.10. The van der Waals surface area contributed by atoms with Crippen molar-refractivity contribution < 1.29 is 14.7 Å². The van der Waals surface area contributed by atoms with E-state index in [0.717, 1.165) is 24.2 Å². The fraction of sp³-hybridized carbons (Fsp3) is 0.444. The molecule has 1 rings (SSSR count). The van der Waals surface area contributed by atoms with Crippen molar-refractivity contribution >= 4 is 23.1 Å². The average Bonchev–Trinajstić information content (AvgIpc) is 2.62. The van der Waals surface area contributed by atoms with Crippen LogP contribution < -0.4 is 0 Å². The SMILES string of the molecule is CCCCC(=O)c1ncc(C(=O)O)s1. The van der Waals surface area contributed by atoms with Crippen molar-refractivity contribution in [3.05, 3.63) is 16.1 Å². The molecule has 0 saturated heterocycles. The van der Waals surface area contributed by atoms with Crippen LogP contribution in [0.25, 0.3) is 0 Å². The molecule has 0 amide bonds. The monoisotopic (exact) mass is 213 g/mol. The van der Waals surface area contributed by atoms with Gasteiger partial charge in [-0.25, -0.2) is 9.78 Å². The standard InChI is InChI=1S/C9H11NO3S/c1-2-3-4-6(11)8-10-5-7(14-8)9(12)13/h5H,2-4H2,1H3,(H,12,13). The van der Waals surface area contributed by atoms with Crippen LogP contribution in [0.4, 0.5) is 0 Å². The van der Waals surface area contributed by atoms with Gasteiger partial charge in [-0.3, -0.25) is 4.79 Å². The number of aromatic nitrogens is 1. The molecule has 0 atom stereocenters. The molecule has 0 radical (unpaired) electrons. The summed E-state index contributed by atoms with van der Waals surface area (Å²) in [4.78, 5) is 25.8. The zero-order valence-electron chi connectivity index (χ0n) is 7.82. The van der Waals surface area contributed by atoms with Gasteiger partial charge in [-0.05, 0) is 6.42 Å². The summed E-state index contributed by atoms with van der Waals surface area (Å²) in [6.07, 6.45) is 3.44. The Balaban J connectivity index is 2.66. The number of thiazole rings is 1. The quantitative estimate of drug-likeness (QED) is 0.761. The Morgan fingerprint density at radius 1 is 1.57 bits per heavy atom. The Labute approximate surface area is 85.6 Å². The molecular formula is C9H11NO3S. The van der Waals surface area contributed by atoms with Crippen molar-refractivity contribution in [3.63, 3.8) is 0 Å². The molecule has 0 aromatic carbocycles. The summed E-state index contributed by atoms with van der Waals surface area (Å²) in [6.45, 7) is 2.00. The second kappa shape index (κ2) is 4.85. The van der Waals surface area contributed by atoms with Crippen LogP contribution in [0.15, 0.2) is 6.20 Å². The van der Waals surface area contributed by atoms with Crippen molar-refractivity contribution in [2.45, 2.75) is 26.2 Å². The molecule has 1 N–H and O–H groups in total. The molecule has 4 nitrogen and oxygen atoms in total. The number of unbranched alkanes of at least 4 members (excludes halogenated alkanes) is 1. The van der Waals surface area contributed by atoms with E-state index in [-0.39, 0.29) is 10.7 Å². The Hall–Kier alpha value is -1.23. The first-order valence-corrected chi connectivity index (χ1v) is 5.19. The number of hydrogen-bond acceptors (Lipinski definition) is 4. The van der Waals surface area contributed by atoms with E-state index in [1.54, 1.807) is 0 Å². The molecule has 0 spiro atoms. The summed E-state index contributed by atoms with van der Waals surface area (Å²) in [6, 6.07) is 0. The van der Waals surface area contributed by atoms with Gasteiger partial charge in [0, 0.05) is 6.42 Å². The minimum absolute atomic E-state index is 0.0654. The third kappa shape index (κ3) is 2.63. The Morgan fingerprint density at radius 3 is 2.79 bits per heavy atom. The summed E-state index contributed by atoms with van der Waals surface area (Å²) in [7, 11) is 0. The number of carbonyl (C=O) groups is 2. The number of Topliss-reactive ketones (excluding diaryl/α,β-unsaturated/α-hetero) is 1. The van der Waals surface area contributed by atoms with Gasteiger partial charge in [0.25, 0.3) is 0 Å². The second-order valence-electron chi connectivity index (χ2n) is 2.86. The van der Waals surface area contributed by atoms with Gasteiger partial charge < -0.3 is 5.11 Å². The smallest absolute Gasteiger partial charge is 0.347 e. The number of rotatable bonds is 5. The molecule has 0 bridgehead atoms. The predicted molar refractivity (Wildman–Crippen MR) is 52.9 cm³/mol. The molecular weight excluding hydrogens is 202 g/mol. The first-order valence-electron chi connectivity index (χ1n) is 4.37. The third-order valence-electron chi connectivity index (χ3n) is 1.71. The van der Waals surface area contributed by atoms with E-state index < -0.39 is 5.97 Å². The number of hydrogen-bond donors (Lipinski definition) is 1. The van der Waals surface area contributed by atoms with Gasteiger partial charge in [0.1, 0.15) is 4.88 Å². The largest absolute Gasteiger partial charge is 0.477 e. The topological polar surface area (TPSA) is 67.3 Å². The number of carbonyl (C=O) groups excluding carboxylic acids is 1. The van der Waals surface area contributed by atoms with Gasteiger partial charge >= 0.3 is 5.97 Å². The summed E-state index contributed by atoms with van der Waals surface area (Å²) < 4.78 is 0. The first-order chi connectivity index (χ1) is 6.65. The summed E-state index contributed by atoms with van der Waals surface area (Å²) in [5.41, 5.74) is 0. The van der Waals surface area contributed by atoms with Gasteiger partial charge in [0.05, 0.1) is 6.20 Å². The zero-order chi connectivity index (χ0) is 10.6. The molecule has 1 aromatic heterocycles. The molecule has 0 unspecified atom stereocenters. The van der Waals surface area contributed by atoms with Crippen molar-refractivity contribution in [2.75, 3.05) is 0 Å². The lowest BCUT2D eigenvalue weighted by Gasteiger charge is -1.92. The van der Waals surface area contributed by atoms with E-state index in [2.05, 4.69) is 4.98 Å². The minimum Gasteiger partial charge on any atom is -0.477 e. The summed E-state index contributed by atoms with van der Waals surface area (Å²) in [5, 5.41) is 8.92. The minimum atomic E-state index is -1.03. The van der Waals surface area contributed by atoms with Crippen LogP contribution in [0.5, 0.6) is 0 Å². The first kappa shape index (κ1) is 10.8. The van der Waals surface area contributed by atoms with Gasteiger partial charge in [-0.15, -0.1) is 11.3 Å². The van der Waals surface area contributed by atoms with E-state index in [1.807, 2.05) is 6.92 Å². The van der Waals surface area contributed by atoms with Crippen molar-refractivity contribution in [3.8, 4) is 0 Å². The van der Waals surface area contributed by atoms with Crippen LogP contribution in [0.1, 0.15) is 45.7 Å². The van der Waals surface area contributed by atoms with Crippen LogP contribution in [0, 0.1) is 0 Å². The molecule has 1 heterocycles. The maximum Gasteiger partial charge on any atom is 0.347 e. The van der Waals surface area contributed by atoms with E-state index in [1.165, 1.54) is 6.20 Å². The van der Waals surface area contributed by atoms with Crippen LogP contribution in [0.2, 0.25) is 0 Å². The number of carboxylic acid groups (broad SMARTS) is 1. The predicted octanol–water partition coefficient (Wildman–Crippen LogP) is 2.21. The van der Waals surface area contributed by atoms with Crippen molar-refractivity contribution in [2.24, 2.45) is 0 Å². The molecule has 0 aliphatic heterocycles. The zero-order valence-corrected chi connectivity index (χ0v) is 8.63. The van der Waals surface area contributed by atoms with Crippen molar-refractivity contribution in [1.82, 2.24) is 4.98 Å². The van der Waals surface area contributed by atoms with Gasteiger partial charge in [-0.1, -0.05) is 13.3 Å². The normalized spacial score (nSPS) is 10.1. The maximum absolute atomic E-state index is 11.4. The second-order valence-corrected chi connectivity index (χ2v) is 3.89. The van der Waals surface area contributed by atoms with E-state index in [4.69, 9.17) is 5.11 Å². The van der Waals surface area contributed by atoms with Crippen LogP contribution in [0.3, 0.4) is 0 Å². The molecule has 0 fully saturated rings. The van der Waals surface area contributed by atoms with Gasteiger partial charge in [-0.2, -0.15) is 0 Å². The van der Waals surface area contributed by atoms with E-state index in [9.17, 15) is 9.59 Å². The fourth-order valence-corrected chi connectivity index (χ4v) is 1.67. The number of aromatic carboxylic acids is 1. The lowest BCUT2D eigenvalue weighted by molar-refractivity contribution is 0.0701. The van der Waals surface area contributed by atoms with E-state index in [0.29, 0.717) is 11.4 Å². The fourth-order valence-electron chi connectivity index (χ4n) is 0.946. The van der Waals surface area contributed by atoms with Crippen LogP contribution >= 0.6 is 11.3 Å². The number of ketones is 1. The van der Waals surface area contributed by atoms with Gasteiger partial charge in [0.15, 0.2) is 10.8 Å². The van der Waals surface area contributed by atoms with Crippen LogP contribution in [-0.2, 0) is 0 Å². The highest BCUT2D eigenvalue weighted by atomic mass is 32.1. The van der Waals surface area contributed by atoms with Gasteiger partial charge in [0.2, 0.25) is 0 Å². The Bertz CT molecular complexity index is 346. The average molecular weight is 213 g/mol. The number of nitrogens with zero attached hydrogens (tertiary/aromatic N) is 1. The van der Waals surface area contributed by atoms with Crippen molar-refractivity contribution in [1.29, 1.82) is 0 Å². The highest BCUT2D eigenvalue weighted by Crippen LogP contribution is 2.15. The molecule has 0 saturated carbocycles. The molecule has 0 aliphatic rings. The highest BCUT2D eigenvalue weighted by Gasteiger charge is 2.13. The van der Waals surface area contributed by atoms with E-state index >= 15 is 0 Å².